The molecular weight excluding hydrogens is 406 g/mol. The average molecular weight is 427 g/mol. The van der Waals surface area contributed by atoms with Gasteiger partial charge in [-0.2, -0.15) is 0 Å². The molecule has 0 radical (unpaired) electrons. The number of nitrogens with zero attached hydrogens (tertiary/aromatic N) is 1. The molecule has 3 aromatic carbocycles. The van der Waals surface area contributed by atoms with Crippen LogP contribution < -0.4 is 4.90 Å². The van der Waals surface area contributed by atoms with Crippen LogP contribution in [0.4, 0.5) is 5.69 Å². The topological polar surface area (TPSA) is 94.9 Å². The molecule has 1 amide bonds. The number of carbonyl (C=O) groups is 3. The summed E-state index contributed by atoms with van der Waals surface area (Å²) < 4.78 is 0. The lowest BCUT2D eigenvalue weighted by atomic mass is 9.94. The number of ketones is 1. The molecule has 160 valence electrons. The minimum atomic E-state index is -1.14. The molecule has 1 aliphatic rings. The zero-order chi connectivity index (χ0) is 23.0. The van der Waals surface area contributed by atoms with Crippen LogP contribution in [0.25, 0.3) is 5.76 Å². The highest BCUT2D eigenvalue weighted by atomic mass is 16.4. The van der Waals surface area contributed by atoms with Crippen molar-refractivity contribution in [2.75, 3.05) is 4.90 Å². The van der Waals surface area contributed by atoms with E-state index in [0.29, 0.717) is 11.1 Å². The maximum absolute atomic E-state index is 13.1. The first-order valence-corrected chi connectivity index (χ1v) is 10.1. The van der Waals surface area contributed by atoms with E-state index >= 15 is 0 Å². The van der Waals surface area contributed by atoms with E-state index in [0.717, 1.165) is 11.1 Å². The van der Waals surface area contributed by atoms with Crippen molar-refractivity contribution in [1.82, 2.24) is 0 Å². The van der Waals surface area contributed by atoms with Gasteiger partial charge in [-0.25, -0.2) is 4.79 Å². The fourth-order valence-corrected chi connectivity index (χ4v) is 3.82. The van der Waals surface area contributed by atoms with Crippen molar-refractivity contribution in [3.05, 3.63) is 106 Å². The van der Waals surface area contributed by atoms with Crippen molar-refractivity contribution in [2.24, 2.45) is 0 Å². The van der Waals surface area contributed by atoms with Crippen LogP contribution in [0.15, 0.2) is 78.4 Å². The average Bonchev–Trinajstić information content (AvgIpc) is 3.05. The fraction of sp³-hybridized carbons (Fsp3) is 0.115. The molecule has 0 bridgehead atoms. The number of aromatic carboxylic acids is 1. The zero-order valence-corrected chi connectivity index (χ0v) is 17.6. The summed E-state index contributed by atoms with van der Waals surface area (Å²) in [6.45, 7) is 3.83. The van der Waals surface area contributed by atoms with Crippen LogP contribution in [0.2, 0.25) is 0 Å². The van der Waals surface area contributed by atoms with Crippen molar-refractivity contribution < 1.29 is 24.6 Å². The summed E-state index contributed by atoms with van der Waals surface area (Å²) in [6.07, 6.45) is 0. The predicted molar refractivity (Wildman–Crippen MR) is 121 cm³/mol. The molecule has 0 aromatic heterocycles. The predicted octanol–water partition coefficient (Wildman–Crippen LogP) is 4.63. The second kappa shape index (κ2) is 8.15. The zero-order valence-electron chi connectivity index (χ0n) is 17.6. The second-order valence-corrected chi connectivity index (χ2v) is 7.80. The van der Waals surface area contributed by atoms with Gasteiger partial charge < -0.3 is 10.2 Å². The SMILES string of the molecule is Cc1ccc(/C(O)=C2/C(=O)C(=O)N(c3cccc(C(=O)O)c3)C2c2ccc(C)cc2)cc1. The number of carboxylic acids is 1. The van der Waals surface area contributed by atoms with Gasteiger partial charge in [-0.15, -0.1) is 0 Å². The summed E-state index contributed by atoms with van der Waals surface area (Å²) in [4.78, 5) is 39.0. The summed E-state index contributed by atoms with van der Waals surface area (Å²) in [5, 5.41) is 20.5. The summed E-state index contributed by atoms with van der Waals surface area (Å²) in [7, 11) is 0. The lowest BCUT2D eigenvalue weighted by Gasteiger charge is -2.25. The number of aliphatic hydroxyl groups is 1. The van der Waals surface area contributed by atoms with Crippen molar-refractivity contribution in [3.63, 3.8) is 0 Å². The Kier molecular flexibility index (Phi) is 5.36. The van der Waals surface area contributed by atoms with Gasteiger partial charge in [-0.3, -0.25) is 14.5 Å². The molecule has 0 aliphatic carbocycles. The second-order valence-electron chi connectivity index (χ2n) is 7.80. The Morgan fingerprint density at radius 3 is 2.00 bits per heavy atom. The van der Waals surface area contributed by atoms with Crippen LogP contribution in [-0.2, 0) is 9.59 Å². The van der Waals surface area contributed by atoms with E-state index in [-0.39, 0.29) is 22.6 Å². The monoisotopic (exact) mass is 427 g/mol. The first kappa shape index (κ1) is 21.1. The number of carboxylic acid groups (broad SMARTS) is 1. The molecule has 3 aromatic rings. The number of benzene rings is 3. The molecule has 6 heteroatoms. The Balaban J connectivity index is 1.94. The Morgan fingerprint density at radius 1 is 0.812 bits per heavy atom. The van der Waals surface area contributed by atoms with Crippen molar-refractivity contribution in [1.29, 1.82) is 0 Å². The van der Waals surface area contributed by atoms with Crippen LogP contribution in [0, 0.1) is 13.8 Å². The van der Waals surface area contributed by atoms with E-state index in [1.54, 1.807) is 30.3 Å². The molecule has 2 N–H and O–H groups in total. The minimum Gasteiger partial charge on any atom is -0.507 e. The number of anilines is 1. The van der Waals surface area contributed by atoms with Crippen LogP contribution in [0.1, 0.15) is 38.7 Å². The number of aryl methyl sites for hydroxylation is 2. The van der Waals surface area contributed by atoms with Gasteiger partial charge in [-0.05, 0) is 37.6 Å². The van der Waals surface area contributed by atoms with E-state index < -0.39 is 23.7 Å². The first-order valence-electron chi connectivity index (χ1n) is 10.1. The lowest BCUT2D eigenvalue weighted by molar-refractivity contribution is -0.132. The summed E-state index contributed by atoms with van der Waals surface area (Å²) >= 11 is 0. The van der Waals surface area contributed by atoms with E-state index in [9.17, 15) is 24.6 Å². The number of hydrogen-bond acceptors (Lipinski definition) is 4. The minimum absolute atomic E-state index is 0.00871. The number of hydrogen-bond donors (Lipinski definition) is 2. The summed E-state index contributed by atoms with van der Waals surface area (Å²) in [5.74, 6) is -3.07. The van der Waals surface area contributed by atoms with E-state index in [2.05, 4.69) is 0 Å². The highest BCUT2D eigenvalue weighted by Crippen LogP contribution is 2.42. The maximum Gasteiger partial charge on any atom is 0.335 e. The van der Waals surface area contributed by atoms with Gasteiger partial charge in [0.05, 0.1) is 17.2 Å². The number of Topliss-reactive ketones (excluding diaryl/α,β-unsaturated/α-hetero) is 1. The number of carbonyl (C=O) groups excluding carboxylic acids is 2. The third-order valence-corrected chi connectivity index (χ3v) is 5.53. The summed E-state index contributed by atoms with van der Waals surface area (Å²) in [6, 6.07) is 19.2. The molecule has 1 heterocycles. The van der Waals surface area contributed by atoms with Gasteiger partial charge in [0.25, 0.3) is 11.7 Å². The molecule has 1 unspecified atom stereocenters. The Bertz CT molecular complexity index is 1260. The van der Waals surface area contributed by atoms with Gasteiger partial charge in [0.15, 0.2) is 0 Å². The third kappa shape index (κ3) is 3.67. The number of aliphatic hydroxyl groups excluding tert-OH is 1. The highest BCUT2D eigenvalue weighted by molar-refractivity contribution is 6.51. The Hall–Kier alpha value is -4.19. The standard InChI is InChI=1S/C26H21NO5/c1-15-6-10-17(11-7-15)22-21(23(28)18-12-8-16(2)9-13-18)24(29)25(30)27(22)20-5-3-4-19(14-20)26(31)32/h3-14,22,28H,1-2H3,(H,31,32)/b23-21-. The van der Waals surface area contributed by atoms with E-state index in [1.165, 1.54) is 23.1 Å². The maximum atomic E-state index is 13.1. The molecule has 1 aliphatic heterocycles. The lowest BCUT2D eigenvalue weighted by Crippen LogP contribution is -2.29. The van der Waals surface area contributed by atoms with Gasteiger partial charge in [0, 0.05) is 11.3 Å². The molecule has 0 spiro atoms. The van der Waals surface area contributed by atoms with Crippen LogP contribution >= 0.6 is 0 Å². The normalized spacial score (nSPS) is 17.6. The van der Waals surface area contributed by atoms with Gasteiger partial charge in [0.2, 0.25) is 0 Å². The fourth-order valence-electron chi connectivity index (χ4n) is 3.82. The smallest absolute Gasteiger partial charge is 0.335 e. The molecule has 4 rings (SSSR count). The highest BCUT2D eigenvalue weighted by Gasteiger charge is 2.47. The molecule has 1 saturated heterocycles. The third-order valence-electron chi connectivity index (χ3n) is 5.53. The molecule has 6 nitrogen and oxygen atoms in total. The largest absolute Gasteiger partial charge is 0.507 e. The quantitative estimate of drug-likeness (QED) is 0.360. The number of rotatable bonds is 4. The van der Waals surface area contributed by atoms with E-state index in [4.69, 9.17) is 0 Å². The van der Waals surface area contributed by atoms with Crippen LogP contribution in [0.5, 0.6) is 0 Å². The molecule has 1 fully saturated rings. The molecular formula is C26H21NO5. The molecule has 32 heavy (non-hydrogen) atoms. The number of amides is 1. The Labute approximate surface area is 185 Å². The van der Waals surface area contributed by atoms with Crippen molar-refractivity contribution >= 4 is 29.1 Å². The van der Waals surface area contributed by atoms with Crippen molar-refractivity contribution in [3.8, 4) is 0 Å². The Morgan fingerprint density at radius 2 is 1.41 bits per heavy atom. The summed E-state index contributed by atoms with van der Waals surface area (Å²) in [5.41, 5.74) is 3.25. The van der Waals surface area contributed by atoms with Gasteiger partial charge in [0.1, 0.15) is 5.76 Å². The van der Waals surface area contributed by atoms with E-state index in [1.807, 2.05) is 38.1 Å². The first-order chi connectivity index (χ1) is 15.3. The van der Waals surface area contributed by atoms with Crippen LogP contribution in [0.3, 0.4) is 0 Å². The molecule has 1 atom stereocenters. The van der Waals surface area contributed by atoms with Gasteiger partial charge in [-0.1, -0.05) is 65.7 Å². The van der Waals surface area contributed by atoms with Gasteiger partial charge >= 0.3 is 5.97 Å². The van der Waals surface area contributed by atoms with Crippen molar-refractivity contribution in [2.45, 2.75) is 19.9 Å². The molecule has 0 saturated carbocycles. The van der Waals surface area contributed by atoms with Crippen LogP contribution in [-0.4, -0.2) is 27.9 Å².